The molecule has 0 atom stereocenters. The molecule has 2 heterocycles. The second-order valence-electron chi connectivity index (χ2n) is 5.85. The van der Waals surface area contributed by atoms with Crippen LogP contribution < -0.4 is 15.0 Å². The lowest BCUT2D eigenvalue weighted by molar-refractivity contribution is 0.193. The van der Waals surface area contributed by atoms with Gasteiger partial charge >= 0.3 is 6.03 Å². The van der Waals surface area contributed by atoms with E-state index >= 15 is 0 Å². The van der Waals surface area contributed by atoms with E-state index in [1.165, 1.54) is 0 Å². The zero-order valence-electron chi connectivity index (χ0n) is 14.5. The molecule has 2 amide bonds. The number of hydrogen-bond acceptors (Lipinski definition) is 4. The van der Waals surface area contributed by atoms with Crippen molar-refractivity contribution in [3.63, 3.8) is 0 Å². The summed E-state index contributed by atoms with van der Waals surface area (Å²) in [6.45, 7) is 6.05. The zero-order valence-corrected chi connectivity index (χ0v) is 14.5. The zero-order chi connectivity index (χ0) is 17.5. The molecule has 0 radical (unpaired) electrons. The average molecular weight is 340 g/mol. The average Bonchev–Trinajstić information content (AvgIpc) is 2.68. The standard InChI is InChI=1S/C19H24N4O2/c1-2-25-18-9-4-3-8-17(18)22-11-13-23(14-12-22)19(24)21-15-16-7-5-6-10-20-16/h3-10H,2,11-15H2,1H3,(H,21,24). The Kier molecular flexibility index (Phi) is 5.72. The van der Waals surface area contributed by atoms with E-state index in [0.29, 0.717) is 26.2 Å². The van der Waals surface area contributed by atoms with Crippen molar-refractivity contribution in [2.75, 3.05) is 37.7 Å². The van der Waals surface area contributed by atoms with E-state index in [1.54, 1.807) is 6.20 Å². The summed E-state index contributed by atoms with van der Waals surface area (Å²) >= 11 is 0. The fraction of sp³-hybridized carbons (Fsp3) is 0.368. The highest BCUT2D eigenvalue weighted by Crippen LogP contribution is 2.28. The van der Waals surface area contributed by atoms with Gasteiger partial charge in [0.1, 0.15) is 5.75 Å². The van der Waals surface area contributed by atoms with Crippen LogP contribution in [0.3, 0.4) is 0 Å². The third-order valence-electron chi connectivity index (χ3n) is 4.22. The summed E-state index contributed by atoms with van der Waals surface area (Å²) in [6.07, 6.45) is 1.73. The Morgan fingerprint density at radius 2 is 1.88 bits per heavy atom. The highest BCUT2D eigenvalue weighted by atomic mass is 16.5. The Bertz CT molecular complexity index is 685. The predicted octanol–water partition coefficient (Wildman–Crippen LogP) is 2.51. The monoisotopic (exact) mass is 340 g/mol. The van der Waals surface area contributed by atoms with Crippen LogP contribution in [0.2, 0.25) is 0 Å². The predicted molar refractivity (Wildman–Crippen MR) is 97.9 cm³/mol. The van der Waals surface area contributed by atoms with Gasteiger partial charge in [-0.3, -0.25) is 4.98 Å². The van der Waals surface area contributed by atoms with E-state index < -0.39 is 0 Å². The van der Waals surface area contributed by atoms with E-state index in [0.717, 1.165) is 30.2 Å². The van der Waals surface area contributed by atoms with Crippen molar-refractivity contribution in [2.45, 2.75) is 13.5 Å². The summed E-state index contributed by atoms with van der Waals surface area (Å²) in [4.78, 5) is 20.7. The number of anilines is 1. The number of urea groups is 1. The number of piperazine rings is 1. The molecule has 6 nitrogen and oxygen atoms in total. The molecular formula is C19H24N4O2. The minimum absolute atomic E-state index is 0.0385. The summed E-state index contributed by atoms with van der Waals surface area (Å²) in [5, 5.41) is 2.94. The van der Waals surface area contributed by atoms with Gasteiger partial charge < -0.3 is 19.9 Å². The lowest BCUT2D eigenvalue weighted by atomic mass is 10.2. The number of aromatic nitrogens is 1. The molecule has 1 aliphatic rings. The third kappa shape index (κ3) is 4.41. The maximum atomic E-state index is 12.3. The number of nitrogens with zero attached hydrogens (tertiary/aromatic N) is 3. The molecule has 0 bridgehead atoms. The highest BCUT2D eigenvalue weighted by molar-refractivity contribution is 5.74. The second kappa shape index (κ2) is 8.37. The summed E-state index contributed by atoms with van der Waals surface area (Å²) in [6, 6.07) is 13.7. The Labute approximate surface area is 148 Å². The molecule has 6 heteroatoms. The molecular weight excluding hydrogens is 316 g/mol. The quantitative estimate of drug-likeness (QED) is 0.909. The van der Waals surface area contributed by atoms with Gasteiger partial charge in [-0.15, -0.1) is 0 Å². The number of carbonyl (C=O) groups excluding carboxylic acids is 1. The fourth-order valence-corrected chi connectivity index (χ4v) is 2.93. The Balaban J connectivity index is 1.52. The largest absolute Gasteiger partial charge is 0.492 e. The molecule has 1 N–H and O–H groups in total. The Hall–Kier alpha value is -2.76. The summed E-state index contributed by atoms with van der Waals surface area (Å²) in [5.41, 5.74) is 1.96. The van der Waals surface area contributed by atoms with Crippen LogP contribution in [0.4, 0.5) is 10.5 Å². The second-order valence-corrected chi connectivity index (χ2v) is 5.85. The van der Waals surface area contributed by atoms with Gasteiger partial charge in [-0.1, -0.05) is 18.2 Å². The molecule has 1 saturated heterocycles. The summed E-state index contributed by atoms with van der Waals surface area (Å²) in [7, 11) is 0. The first-order valence-electron chi connectivity index (χ1n) is 8.67. The highest BCUT2D eigenvalue weighted by Gasteiger charge is 2.22. The van der Waals surface area contributed by atoms with E-state index in [9.17, 15) is 4.79 Å². The molecule has 0 aliphatic carbocycles. The fourth-order valence-electron chi connectivity index (χ4n) is 2.93. The Morgan fingerprint density at radius 3 is 2.60 bits per heavy atom. The van der Waals surface area contributed by atoms with Crippen molar-refractivity contribution >= 4 is 11.7 Å². The number of amides is 2. The smallest absolute Gasteiger partial charge is 0.317 e. The number of nitrogens with one attached hydrogen (secondary N) is 1. The van der Waals surface area contributed by atoms with Gasteiger partial charge in [-0.05, 0) is 31.2 Å². The minimum atomic E-state index is -0.0385. The number of rotatable bonds is 5. The van der Waals surface area contributed by atoms with Gasteiger partial charge in [-0.2, -0.15) is 0 Å². The van der Waals surface area contributed by atoms with E-state index in [-0.39, 0.29) is 6.03 Å². The molecule has 0 spiro atoms. The number of ether oxygens (including phenoxy) is 1. The molecule has 1 aromatic heterocycles. The molecule has 1 aromatic carbocycles. The lowest BCUT2D eigenvalue weighted by Crippen LogP contribution is -2.51. The SMILES string of the molecule is CCOc1ccccc1N1CCN(C(=O)NCc2ccccn2)CC1. The van der Waals surface area contributed by atoms with Crippen LogP contribution >= 0.6 is 0 Å². The summed E-state index contributed by atoms with van der Waals surface area (Å²) < 4.78 is 5.71. The lowest BCUT2D eigenvalue weighted by Gasteiger charge is -2.36. The van der Waals surface area contributed by atoms with E-state index in [2.05, 4.69) is 21.3 Å². The molecule has 0 saturated carbocycles. The van der Waals surface area contributed by atoms with Crippen molar-refractivity contribution in [1.82, 2.24) is 15.2 Å². The van der Waals surface area contributed by atoms with Crippen molar-refractivity contribution in [2.24, 2.45) is 0 Å². The van der Waals surface area contributed by atoms with Crippen molar-refractivity contribution in [3.8, 4) is 5.75 Å². The van der Waals surface area contributed by atoms with E-state index in [1.807, 2.05) is 48.2 Å². The maximum absolute atomic E-state index is 12.3. The van der Waals surface area contributed by atoms with E-state index in [4.69, 9.17) is 4.74 Å². The van der Waals surface area contributed by atoms with Gasteiger partial charge in [0.15, 0.2) is 0 Å². The molecule has 2 aromatic rings. The van der Waals surface area contributed by atoms with Crippen LogP contribution in [-0.2, 0) is 6.54 Å². The van der Waals surface area contributed by atoms with Crippen molar-refractivity contribution in [3.05, 3.63) is 54.4 Å². The van der Waals surface area contributed by atoms with Crippen molar-refractivity contribution < 1.29 is 9.53 Å². The molecule has 1 aliphatic heterocycles. The molecule has 1 fully saturated rings. The molecule has 25 heavy (non-hydrogen) atoms. The third-order valence-corrected chi connectivity index (χ3v) is 4.22. The van der Waals surface area contributed by atoms with Crippen LogP contribution in [0.5, 0.6) is 5.75 Å². The first-order valence-corrected chi connectivity index (χ1v) is 8.67. The number of para-hydroxylation sites is 2. The first kappa shape index (κ1) is 17.1. The van der Waals surface area contributed by atoms with Gasteiger partial charge in [0.25, 0.3) is 0 Å². The van der Waals surface area contributed by atoms with Gasteiger partial charge in [0.2, 0.25) is 0 Å². The van der Waals surface area contributed by atoms with Gasteiger partial charge in [0, 0.05) is 32.4 Å². The first-order chi connectivity index (χ1) is 12.3. The van der Waals surface area contributed by atoms with Crippen LogP contribution in [0.25, 0.3) is 0 Å². The van der Waals surface area contributed by atoms with Crippen LogP contribution in [0, 0.1) is 0 Å². The Morgan fingerprint density at radius 1 is 1.12 bits per heavy atom. The number of benzene rings is 1. The summed E-state index contributed by atoms with van der Waals surface area (Å²) in [5.74, 6) is 0.901. The topological polar surface area (TPSA) is 57.7 Å². The number of carbonyl (C=O) groups is 1. The van der Waals surface area contributed by atoms with Crippen LogP contribution in [0.15, 0.2) is 48.7 Å². The molecule has 3 rings (SSSR count). The normalized spacial score (nSPS) is 14.3. The van der Waals surface area contributed by atoms with Crippen LogP contribution in [-0.4, -0.2) is 48.7 Å². The number of pyridine rings is 1. The maximum Gasteiger partial charge on any atom is 0.317 e. The van der Waals surface area contributed by atoms with Crippen LogP contribution in [0.1, 0.15) is 12.6 Å². The molecule has 132 valence electrons. The minimum Gasteiger partial charge on any atom is -0.492 e. The van der Waals surface area contributed by atoms with Gasteiger partial charge in [0.05, 0.1) is 24.5 Å². The van der Waals surface area contributed by atoms with Crippen molar-refractivity contribution in [1.29, 1.82) is 0 Å². The van der Waals surface area contributed by atoms with Gasteiger partial charge in [-0.25, -0.2) is 4.79 Å². The molecule has 0 unspecified atom stereocenters. The number of hydrogen-bond donors (Lipinski definition) is 1.